The van der Waals surface area contributed by atoms with E-state index in [0.29, 0.717) is 30.4 Å². The Balaban J connectivity index is 2.08. The highest BCUT2D eigenvalue weighted by atomic mass is 16.3. The SMILES string of the molecule is NNc1ncccc1C(=O)N1CCC(CO)CC1. The number of rotatable bonds is 3. The molecular weight excluding hydrogens is 232 g/mol. The zero-order chi connectivity index (χ0) is 13.0. The summed E-state index contributed by atoms with van der Waals surface area (Å²) in [7, 11) is 0. The second-order valence-corrected chi connectivity index (χ2v) is 4.46. The molecule has 1 aromatic rings. The van der Waals surface area contributed by atoms with Crippen molar-refractivity contribution in [1.29, 1.82) is 0 Å². The highest BCUT2D eigenvalue weighted by Gasteiger charge is 2.24. The Morgan fingerprint density at radius 1 is 1.56 bits per heavy atom. The van der Waals surface area contributed by atoms with E-state index in [1.165, 1.54) is 0 Å². The smallest absolute Gasteiger partial charge is 0.257 e. The molecule has 1 saturated heterocycles. The molecule has 4 N–H and O–H groups in total. The van der Waals surface area contributed by atoms with Crippen LogP contribution in [0, 0.1) is 5.92 Å². The van der Waals surface area contributed by atoms with Crippen molar-refractivity contribution in [3.8, 4) is 0 Å². The van der Waals surface area contributed by atoms with Crippen molar-refractivity contribution < 1.29 is 9.90 Å². The fourth-order valence-corrected chi connectivity index (χ4v) is 2.18. The largest absolute Gasteiger partial charge is 0.396 e. The van der Waals surface area contributed by atoms with E-state index in [2.05, 4.69) is 10.4 Å². The Bertz CT molecular complexity index is 416. The molecule has 0 atom stereocenters. The molecule has 98 valence electrons. The van der Waals surface area contributed by atoms with Crippen LogP contribution in [0.25, 0.3) is 0 Å². The number of nitrogens with zero attached hydrogens (tertiary/aromatic N) is 2. The van der Waals surface area contributed by atoms with Gasteiger partial charge in [0.15, 0.2) is 5.82 Å². The summed E-state index contributed by atoms with van der Waals surface area (Å²) in [6.45, 7) is 1.54. The van der Waals surface area contributed by atoms with Gasteiger partial charge < -0.3 is 15.4 Å². The number of hydrazine groups is 1. The maximum atomic E-state index is 12.3. The van der Waals surface area contributed by atoms with E-state index in [4.69, 9.17) is 10.9 Å². The molecule has 1 fully saturated rings. The van der Waals surface area contributed by atoms with Gasteiger partial charge in [-0.2, -0.15) is 0 Å². The number of anilines is 1. The number of carbonyl (C=O) groups is 1. The molecule has 1 aliphatic heterocycles. The summed E-state index contributed by atoms with van der Waals surface area (Å²) < 4.78 is 0. The second-order valence-electron chi connectivity index (χ2n) is 4.46. The maximum absolute atomic E-state index is 12.3. The van der Waals surface area contributed by atoms with Crippen LogP contribution in [0.5, 0.6) is 0 Å². The molecule has 6 nitrogen and oxygen atoms in total. The van der Waals surface area contributed by atoms with Gasteiger partial charge in [0, 0.05) is 25.9 Å². The van der Waals surface area contributed by atoms with Gasteiger partial charge in [0.2, 0.25) is 0 Å². The van der Waals surface area contributed by atoms with E-state index in [9.17, 15) is 4.79 Å². The number of hydrogen-bond donors (Lipinski definition) is 3. The molecule has 1 aromatic heterocycles. The lowest BCUT2D eigenvalue weighted by molar-refractivity contribution is 0.0651. The number of piperidine rings is 1. The first-order valence-corrected chi connectivity index (χ1v) is 6.08. The third-order valence-corrected chi connectivity index (χ3v) is 3.33. The number of aromatic nitrogens is 1. The van der Waals surface area contributed by atoms with Crippen LogP contribution < -0.4 is 11.3 Å². The van der Waals surface area contributed by atoms with Crippen LogP contribution in [-0.2, 0) is 0 Å². The molecule has 1 aliphatic rings. The number of amides is 1. The Morgan fingerprint density at radius 2 is 2.28 bits per heavy atom. The Morgan fingerprint density at radius 3 is 2.89 bits per heavy atom. The van der Waals surface area contributed by atoms with E-state index >= 15 is 0 Å². The number of pyridine rings is 1. The van der Waals surface area contributed by atoms with E-state index in [1.54, 1.807) is 23.2 Å². The molecule has 0 saturated carbocycles. The summed E-state index contributed by atoms with van der Waals surface area (Å²) >= 11 is 0. The zero-order valence-corrected chi connectivity index (χ0v) is 10.2. The van der Waals surface area contributed by atoms with Crippen LogP contribution in [0.15, 0.2) is 18.3 Å². The molecule has 0 aromatic carbocycles. The third kappa shape index (κ3) is 2.60. The highest BCUT2D eigenvalue weighted by Crippen LogP contribution is 2.20. The quantitative estimate of drug-likeness (QED) is 0.527. The molecule has 2 rings (SSSR count). The lowest BCUT2D eigenvalue weighted by atomic mass is 9.97. The van der Waals surface area contributed by atoms with Crippen LogP contribution >= 0.6 is 0 Å². The average Bonchev–Trinajstić information content (AvgIpc) is 2.46. The first-order valence-electron chi connectivity index (χ1n) is 6.08. The molecule has 2 heterocycles. The Labute approximate surface area is 106 Å². The number of hydrogen-bond acceptors (Lipinski definition) is 5. The van der Waals surface area contributed by atoms with Crippen molar-refractivity contribution in [2.24, 2.45) is 11.8 Å². The van der Waals surface area contributed by atoms with Crippen LogP contribution in [-0.4, -0.2) is 40.6 Å². The fraction of sp³-hybridized carbons (Fsp3) is 0.500. The first-order chi connectivity index (χ1) is 8.76. The summed E-state index contributed by atoms with van der Waals surface area (Å²) in [5, 5.41) is 9.08. The molecule has 1 amide bonds. The lowest BCUT2D eigenvalue weighted by Gasteiger charge is -2.31. The summed E-state index contributed by atoms with van der Waals surface area (Å²) in [5.74, 6) is 5.99. The van der Waals surface area contributed by atoms with Gasteiger partial charge in [0.25, 0.3) is 5.91 Å². The van der Waals surface area contributed by atoms with E-state index in [0.717, 1.165) is 12.8 Å². The number of nitrogen functional groups attached to an aromatic ring is 1. The minimum atomic E-state index is -0.0626. The van der Waals surface area contributed by atoms with Gasteiger partial charge in [0.05, 0.1) is 5.56 Å². The van der Waals surface area contributed by atoms with Gasteiger partial charge in [-0.1, -0.05) is 0 Å². The maximum Gasteiger partial charge on any atom is 0.257 e. The standard InChI is InChI=1S/C12H18N4O2/c13-15-11-10(2-1-5-14-11)12(18)16-6-3-9(8-17)4-7-16/h1-2,5,9,17H,3-4,6-8,13H2,(H,14,15). The van der Waals surface area contributed by atoms with Crippen molar-refractivity contribution in [3.05, 3.63) is 23.9 Å². The third-order valence-electron chi connectivity index (χ3n) is 3.33. The fourth-order valence-electron chi connectivity index (χ4n) is 2.18. The number of aliphatic hydroxyl groups is 1. The second kappa shape index (κ2) is 5.79. The topological polar surface area (TPSA) is 91.5 Å². The summed E-state index contributed by atoms with van der Waals surface area (Å²) in [4.78, 5) is 18.1. The van der Waals surface area contributed by atoms with Crippen molar-refractivity contribution in [1.82, 2.24) is 9.88 Å². The van der Waals surface area contributed by atoms with Crippen LogP contribution in [0.1, 0.15) is 23.2 Å². The van der Waals surface area contributed by atoms with Gasteiger partial charge >= 0.3 is 0 Å². The lowest BCUT2D eigenvalue weighted by Crippen LogP contribution is -2.39. The molecule has 0 bridgehead atoms. The van der Waals surface area contributed by atoms with Gasteiger partial charge in [-0.25, -0.2) is 10.8 Å². The minimum absolute atomic E-state index is 0.0626. The van der Waals surface area contributed by atoms with Crippen molar-refractivity contribution in [2.45, 2.75) is 12.8 Å². The predicted octanol–water partition coefficient (Wildman–Crippen LogP) is 0.212. The Kier molecular flexibility index (Phi) is 4.11. The molecule has 0 unspecified atom stereocenters. The number of likely N-dealkylation sites (tertiary alicyclic amines) is 1. The summed E-state index contributed by atoms with van der Waals surface area (Å²) in [6.07, 6.45) is 3.27. The molecule has 18 heavy (non-hydrogen) atoms. The predicted molar refractivity (Wildman–Crippen MR) is 67.8 cm³/mol. The van der Waals surface area contributed by atoms with Gasteiger partial charge in [0.1, 0.15) is 0 Å². The monoisotopic (exact) mass is 250 g/mol. The normalized spacial score (nSPS) is 16.7. The number of nitrogens with one attached hydrogen (secondary N) is 1. The van der Waals surface area contributed by atoms with Crippen molar-refractivity contribution in [3.63, 3.8) is 0 Å². The van der Waals surface area contributed by atoms with E-state index < -0.39 is 0 Å². The average molecular weight is 250 g/mol. The first kappa shape index (κ1) is 12.8. The molecule has 0 spiro atoms. The van der Waals surface area contributed by atoms with Gasteiger partial charge in [-0.05, 0) is 30.9 Å². The molecule has 6 heteroatoms. The van der Waals surface area contributed by atoms with E-state index in [1.807, 2.05) is 0 Å². The highest BCUT2D eigenvalue weighted by molar-refractivity contribution is 5.98. The van der Waals surface area contributed by atoms with Gasteiger partial charge in [-0.3, -0.25) is 4.79 Å². The number of nitrogens with two attached hydrogens (primary N) is 1. The zero-order valence-electron chi connectivity index (χ0n) is 10.2. The van der Waals surface area contributed by atoms with E-state index in [-0.39, 0.29) is 12.5 Å². The minimum Gasteiger partial charge on any atom is -0.396 e. The number of aliphatic hydroxyl groups excluding tert-OH is 1. The Hall–Kier alpha value is -1.66. The number of carbonyl (C=O) groups excluding carboxylic acids is 1. The van der Waals surface area contributed by atoms with Crippen molar-refractivity contribution >= 4 is 11.7 Å². The molecule has 0 radical (unpaired) electrons. The summed E-state index contributed by atoms with van der Waals surface area (Å²) in [6, 6.07) is 3.43. The van der Waals surface area contributed by atoms with Crippen LogP contribution in [0.4, 0.5) is 5.82 Å². The van der Waals surface area contributed by atoms with Gasteiger partial charge in [-0.15, -0.1) is 0 Å². The van der Waals surface area contributed by atoms with Crippen LogP contribution in [0.2, 0.25) is 0 Å². The molecule has 0 aliphatic carbocycles. The summed E-state index contributed by atoms with van der Waals surface area (Å²) in [5.41, 5.74) is 2.93. The molecular formula is C12H18N4O2. The van der Waals surface area contributed by atoms with Crippen molar-refractivity contribution in [2.75, 3.05) is 25.1 Å². The van der Waals surface area contributed by atoms with Crippen LogP contribution in [0.3, 0.4) is 0 Å².